The number of anilines is 1. The first-order valence-electron chi connectivity index (χ1n) is 11.9. The predicted octanol–water partition coefficient (Wildman–Crippen LogP) is 4.47. The first-order valence-corrected chi connectivity index (χ1v) is 12.7. The number of urea groups is 1. The zero-order chi connectivity index (χ0) is 25.5. The van der Waals surface area contributed by atoms with Gasteiger partial charge in [0.2, 0.25) is 5.91 Å². The van der Waals surface area contributed by atoms with Gasteiger partial charge < -0.3 is 20.3 Å². The van der Waals surface area contributed by atoms with Crippen molar-refractivity contribution in [2.45, 2.75) is 38.6 Å². The lowest BCUT2D eigenvalue weighted by Crippen LogP contribution is -2.43. The van der Waals surface area contributed by atoms with Crippen LogP contribution in [0.1, 0.15) is 46.4 Å². The van der Waals surface area contributed by atoms with Crippen LogP contribution in [-0.4, -0.2) is 42.0 Å². The number of rotatable bonds is 8. The number of nitrogens with zero attached hydrogens (tertiary/aromatic N) is 3. The average molecular weight is 504 g/mol. The van der Waals surface area contributed by atoms with Gasteiger partial charge in [-0.05, 0) is 47.6 Å². The van der Waals surface area contributed by atoms with Crippen LogP contribution in [0.5, 0.6) is 5.75 Å². The van der Waals surface area contributed by atoms with Gasteiger partial charge in [0.15, 0.2) is 0 Å². The highest BCUT2D eigenvalue weighted by Crippen LogP contribution is 2.37. The number of pyridine rings is 1. The van der Waals surface area contributed by atoms with Gasteiger partial charge in [0.25, 0.3) is 0 Å². The third-order valence-corrected chi connectivity index (χ3v) is 7.42. The lowest BCUT2D eigenvalue weighted by atomic mass is 9.96. The largest absolute Gasteiger partial charge is 0.496 e. The van der Waals surface area contributed by atoms with Crippen molar-refractivity contribution in [3.8, 4) is 11.8 Å². The Hall–Kier alpha value is -3.90. The number of carbonyl (C=O) groups excluding carboxylic acids is 2. The Bertz CT molecular complexity index is 1270. The van der Waals surface area contributed by atoms with Crippen LogP contribution in [0, 0.1) is 11.3 Å². The van der Waals surface area contributed by atoms with E-state index in [1.54, 1.807) is 24.4 Å². The van der Waals surface area contributed by atoms with Crippen molar-refractivity contribution in [3.63, 3.8) is 0 Å². The number of carbonyl (C=O) groups is 2. The summed E-state index contributed by atoms with van der Waals surface area (Å²) in [7, 11) is 1.62. The molecule has 0 bridgehead atoms. The van der Waals surface area contributed by atoms with Gasteiger partial charge in [-0.15, -0.1) is 11.3 Å². The third kappa shape index (κ3) is 5.83. The van der Waals surface area contributed by atoms with Crippen LogP contribution < -0.4 is 15.4 Å². The number of thiophene rings is 1. The monoisotopic (exact) mass is 503 g/mol. The molecule has 0 saturated carbocycles. The number of fused-ring (bicyclic) bond motifs is 1. The smallest absolute Gasteiger partial charge is 0.317 e. The molecule has 0 unspecified atom stereocenters. The van der Waals surface area contributed by atoms with Crippen LogP contribution in [0.25, 0.3) is 0 Å². The summed E-state index contributed by atoms with van der Waals surface area (Å²) in [4.78, 5) is 32.3. The van der Waals surface area contributed by atoms with Gasteiger partial charge >= 0.3 is 6.03 Å². The topological polar surface area (TPSA) is 107 Å². The van der Waals surface area contributed by atoms with Crippen LogP contribution >= 0.6 is 11.3 Å². The molecule has 0 spiro atoms. The first-order chi connectivity index (χ1) is 17.5. The Morgan fingerprint density at radius 1 is 1.28 bits per heavy atom. The Morgan fingerprint density at radius 3 is 2.86 bits per heavy atom. The van der Waals surface area contributed by atoms with E-state index in [2.05, 4.69) is 21.7 Å². The fourth-order valence-corrected chi connectivity index (χ4v) is 5.62. The van der Waals surface area contributed by atoms with Crippen molar-refractivity contribution in [1.29, 1.82) is 5.26 Å². The molecule has 186 valence electrons. The maximum absolute atomic E-state index is 12.9. The number of ether oxygens (including phenoxy) is 1. The van der Waals surface area contributed by atoms with E-state index >= 15 is 0 Å². The van der Waals surface area contributed by atoms with Crippen molar-refractivity contribution in [2.24, 2.45) is 0 Å². The van der Waals surface area contributed by atoms with Gasteiger partial charge in [-0.3, -0.25) is 9.78 Å². The van der Waals surface area contributed by atoms with Crippen LogP contribution in [0.4, 0.5) is 9.80 Å². The SMILES string of the molecule is COc1ccccc1[C@H](C)CC(=O)Nc1sc2c(c1C#N)CCN(C(=O)NCCc1cccnc1)C2. The van der Waals surface area contributed by atoms with Crippen molar-refractivity contribution in [3.05, 3.63) is 75.9 Å². The maximum atomic E-state index is 12.9. The molecule has 1 aliphatic heterocycles. The van der Waals surface area contributed by atoms with Gasteiger partial charge in [-0.1, -0.05) is 31.2 Å². The number of methoxy groups -OCH3 is 1. The number of para-hydroxylation sites is 1. The first kappa shape index (κ1) is 25.2. The summed E-state index contributed by atoms with van der Waals surface area (Å²) >= 11 is 1.38. The zero-order valence-corrected chi connectivity index (χ0v) is 21.2. The van der Waals surface area contributed by atoms with Gasteiger partial charge in [0.1, 0.15) is 16.8 Å². The molecule has 1 aliphatic rings. The zero-order valence-electron chi connectivity index (χ0n) is 20.4. The Labute approximate surface area is 214 Å². The Morgan fingerprint density at radius 2 is 2.11 bits per heavy atom. The Balaban J connectivity index is 1.36. The van der Waals surface area contributed by atoms with Crippen molar-refractivity contribution >= 4 is 28.3 Å². The van der Waals surface area contributed by atoms with Crippen LogP contribution in [0.2, 0.25) is 0 Å². The fraction of sp³-hybridized carbons (Fsp3) is 0.333. The predicted molar refractivity (Wildman–Crippen MR) is 139 cm³/mol. The van der Waals surface area contributed by atoms with Crippen molar-refractivity contribution < 1.29 is 14.3 Å². The van der Waals surface area contributed by atoms with Gasteiger partial charge in [-0.25, -0.2) is 4.79 Å². The minimum absolute atomic E-state index is 0.0490. The number of aromatic nitrogens is 1. The normalized spacial score (nSPS) is 13.3. The molecule has 36 heavy (non-hydrogen) atoms. The number of hydrogen-bond acceptors (Lipinski definition) is 6. The summed E-state index contributed by atoms with van der Waals surface area (Å²) in [5, 5.41) is 16.3. The minimum atomic E-state index is -0.159. The summed E-state index contributed by atoms with van der Waals surface area (Å²) in [6.07, 6.45) is 5.07. The second-order valence-corrected chi connectivity index (χ2v) is 9.83. The molecular weight excluding hydrogens is 474 g/mol. The number of amides is 3. The molecule has 0 fully saturated rings. The fourth-order valence-electron chi connectivity index (χ4n) is 4.39. The molecule has 1 aromatic carbocycles. The molecule has 8 nitrogen and oxygen atoms in total. The highest BCUT2D eigenvalue weighted by Gasteiger charge is 2.28. The molecule has 0 aliphatic carbocycles. The van der Waals surface area contributed by atoms with E-state index < -0.39 is 0 Å². The van der Waals surface area contributed by atoms with E-state index in [9.17, 15) is 14.9 Å². The molecule has 3 amide bonds. The van der Waals surface area contributed by atoms with Crippen molar-refractivity contribution in [1.82, 2.24) is 15.2 Å². The summed E-state index contributed by atoms with van der Waals surface area (Å²) in [6.45, 7) is 3.44. The standard InChI is InChI=1S/C27H29N5O3S/c1-18(20-7-3-4-8-23(20)35-2)14-25(33)31-26-22(15-28)21-10-13-32(17-24(21)36-26)27(34)30-12-9-19-6-5-11-29-16-19/h3-8,11,16,18H,9-10,12-14,17H2,1-2H3,(H,30,34)(H,31,33)/t18-/m1/s1. The molecule has 4 rings (SSSR count). The van der Waals surface area contributed by atoms with E-state index in [0.717, 1.165) is 27.3 Å². The number of nitrogens with one attached hydrogen (secondary N) is 2. The molecule has 3 aromatic rings. The maximum Gasteiger partial charge on any atom is 0.317 e. The second kappa shape index (κ2) is 11.7. The number of benzene rings is 1. The van der Waals surface area contributed by atoms with Gasteiger partial charge in [-0.2, -0.15) is 5.26 Å². The summed E-state index contributed by atoms with van der Waals surface area (Å²) in [6, 6.07) is 13.6. The summed E-state index contributed by atoms with van der Waals surface area (Å²) in [5.41, 5.74) is 3.46. The lowest BCUT2D eigenvalue weighted by Gasteiger charge is -2.27. The Kier molecular flexibility index (Phi) is 8.18. The average Bonchev–Trinajstić information content (AvgIpc) is 3.24. The van der Waals surface area contributed by atoms with Crippen molar-refractivity contribution in [2.75, 3.05) is 25.5 Å². The van der Waals surface area contributed by atoms with E-state index in [4.69, 9.17) is 4.74 Å². The third-order valence-electron chi connectivity index (χ3n) is 6.28. The molecule has 0 saturated heterocycles. The molecule has 3 heterocycles. The molecule has 2 aromatic heterocycles. The molecular formula is C27H29N5O3S. The quantitative estimate of drug-likeness (QED) is 0.472. The summed E-state index contributed by atoms with van der Waals surface area (Å²) < 4.78 is 5.42. The number of nitriles is 1. The van der Waals surface area contributed by atoms with Gasteiger partial charge in [0, 0.05) is 36.8 Å². The lowest BCUT2D eigenvalue weighted by molar-refractivity contribution is -0.116. The van der Waals surface area contributed by atoms with E-state index in [-0.39, 0.29) is 24.3 Å². The molecule has 2 N–H and O–H groups in total. The van der Waals surface area contributed by atoms with E-state index in [0.29, 0.717) is 43.0 Å². The summed E-state index contributed by atoms with van der Waals surface area (Å²) in [5.74, 6) is 0.543. The second-order valence-electron chi connectivity index (χ2n) is 8.73. The highest BCUT2D eigenvalue weighted by atomic mass is 32.1. The van der Waals surface area contributed by atoms with E-state index in [1.807, 2.05) is 43.3 Å². The van der Waals surface area contributed by atoms with Crippen LogP contribution in [0.15, 0.2) is 48.8 Å². The highest BCUT2D eigenvalue weighted by molar-refractivity contribution is 7.16. The number of hydrogen-bond donors (Lipinski definition) is 2. The van der Waals surface area contributed by atoms with Crippen LogP contribution in [-0.2, 0) is 24.2 Å². The molecule has 9 heteroatoms. The molecule has 0 radical (unpaired) electrons. The van der Waals surface area contributed by atoms with Crippen LogP contribution in [0.3, 0.4) is 0 Å². The van der Waals surface area contributed by atoms with E-state index in [1.165, 1.54) is 11.3 Å². The molecule has 1 atom stereocenters. The minimum Gasteiger partial charge on any atom is -0.496 e. The van der Waals surface area contributed by atoms with Gasteiger partial charge in [0.05, 0.1) is 19.2 Å².